The molecule has 1 saturated carbocycles. The topological polar surface area (TPSA) is 38.7 Å². The summed E-state index contributed by atoms with van der Waals surface area (Å²) in [4.78, 5) is 0. The van der Waals surface area contributed by atoms with Crippen molar-refractivity contribution in [1.82, 2.24) is 0 Å². The Balaban J connectivity index is 1.72. The molecule has 3 nitrogen and oxygen atoms in total. The average Bonchev–Trinajstić information content (AvgIpc) is 2.77. The maximum absolute atomic E-state index is 10.8. The molecule has 0 bridgehead atoms. The third-order valence-corrected chi connectivity index (χ3v) is 8.38. The normalized spacial score (nSPS) is 31.3. The zero-order valence-corrected chi connectivity index (χ0v) is 19.8. The van der Waals surface area contributed by atoms with E-state index in [1.807, 2.05) is 12.1 Å². The predicted octanol–water partition coefficient (Wildman–Crippen LogP) is 6.48. The third-order valence-electron chi connectivity index (χ3n) is 8.38. The standard InChI is InChI=1S/C28H40O3/c1-7-20(2)25(29)17-28(5)21(3)15-16-27(4)23(9-8-10-26(27)28)19-31-18-22-11-13-24(30-6)14-12-22/h7,9,11-14,21,25-26,29H,1-2,8,10,15-19H2,3-6H3/t21-,25-,26-,27-,28-/m1/s1. The van der Waals surface area contributed by atoms with Gasteiger partial charge in [0, 0.05) is 0 Å². The van der Waals surface area contributed by atoms with Crippen molar-refractivity contribution in [3.8, 4) is 5.75 Å². The molecule has 2 aliphatic rings. The first-order chi connectivity index (χ1) is 14.7. The molecule has 5 atom stereocenters. The summed E-state index contributed by atoms with van der Waals surface area (Å²) in [5, 5.41) is 10.8. The molecule has 31 heavy (non-hydrogen) atoms. The van der Waals surface area contributed by atoms with Crippen molar-refractivity contribution in [2.45, 2.75) is 65.6 Å². The van der Waals surface area contributed by atoms with Crippen molar-refractivity contribution >= 4 is 0 Å². The number of aliphatic hydroxyl groups is 1. The number of methoxy groups -OCH3 is 1. The molecule has 3 heteroatoms. The quantitative estimate of drug-likeness (QED) is 0.364. The number of aliphatic hydroxyl groups excluding tert-OH is 1. The van der Waals surface area contributed by atoms with Gasteiger partial charge in [-0.2, -0.15) is 0 Å². The van der Waals surface area contributed by atoms with Crippen LogP contribution in [-0.4, -0.2) is 24.9 Å². The lowest BCUT2D eigenvalue weighted by atomic mass is 9.46. The number of benzene rings is 1. The fraction of sp³-hybridized carbons (Fsp3) is 0.571. The number of rotatable bonds is 9. The smallest absolute Gasteiger partial charge is 0.118 e. The molecule has 1 N–H and O–H groups in total. The summed E-state index contributed by atoms with van der Waals surface area (Å²) in [7, 11) is 1.68. The molecule has 0 saturated heterocycles. The summed E-state index contributed by atoms with van der Waals surface area (Å²) in [5.41, 5.74) is 3.51. The van der Waals surface area contributed by atoms with Gasteiger partial charge in [0.2, 0.25) is 0 Å². The lowest BCUT2D eigenvalue weighted by Gasteiger charge is -2.58. The maximum Gasteiger partial charge on any atom is 0.118 e. The second-order valence-electron chi connectivity index (χ2n) is 10.1. The number of fused-ring (bicyclic) bond motifs is 1. The second-order valence-corrected chi connectivity index (χ2v) is 10.1. The molecule has 1 aromatic rings. The Bertz CT molecular complexity index is 808. The van der Waals surface area contributed by atoms with Gasteiger partial charge in [0.15, 0.2) is 0 Å². The van der Waals surface area contributed by atoms with Gasteiger partial charge in [0.05, 0.1) is 26.4 Å². The van der Waals surface area contributed by atoms with Crippen LogP contribution in [0.1, 0.15) is 58.4 Å². The van der Waals surface area contributed by atoms with E-state index in [-0.39, 0.29) is 10.8 Å². The molecular formula is C28H40O3. The van der Waals surface area contributed by atoms with Gasteiger partial charge in [0.1, 0.15) is 5.75 Å². The van der Waals surface area contributed by atoms with Gasteiger partial charge >= 0.3 is 0 Å². The Hall–Kier alpha value is -1.84. The fourth-order valence-corrected chi connectivity index (χ4v) is 6.03. The van der Waals surface area contributed by atoms with Gasteiger partial charge in [-0.1, -0.05) is 58.2 Å². The summed E-state index contributed by atoms with van der Waals surface area (Å²) in [6.45, 7) is 16.3. The van der Waals surface area contributed by atoms with Crippen LogP contribution >= 0.6 is 0 Å². The van der Waals surface area contributed by atoms with Crippen molar-refractivity contribution in [2.24, 2.45) is 22.7 Å². The molecule has 0 heterocycles. The lowest BCUT2D eigenvalue weighted by molar-refractivity contribution is -0.0696. The van der Waals surface area contributed by atoms with E-state index in [0.717, 1.165) is 29.7 Å². The third kappa shape index (κ3) is 4.83. The average molecular weight is 425 g/mol. The first-order valence-electron chi connectivity index (χ1n) is 11.6. The van der Waals surface area contributed by atoms with Crippen molar-refractivity contribution in [3.05, 3.63) is 66.3 Å². The Morgan fingerprint density at radius 2 is 1.94 bits per heavy atom. The summed E-state index contributed by atoms with van der Waals surface area (Å²) in [5.74, 6) is 1.96. The van der Waals surface area contributed by atoms with Gasteiger partial charge in [-0.05, 0) is 83.6 Å². The summed E-state index contributed by atoms with van der Waals surface area (Å²) >= 11 is 0. The van der Waals surface area contributed by atoms with E-state index >= 15 is 0 Å². The first-order valence-corrected chi connectivity index (χ1v) is 11.6. The second kappa shape index (κ2) is 9.75. The van der Waals surface area contributed by atoms with Crippen LogP contribution in [0, 0.1) is 22.7 Å². The van der Waals surface area contributed by atoms with Gasteiger partial charge < -0.3 is 14.6 Å². The highest BCUT2D eigenvalue weighted by molar-refractivity contribution is 5.27. The highest BCUT2D eigenvalue weighted by Gasteiger charge is 2.54. The fourth-order valence-electron chi connectivity index (χ4n) is 6.03. The lowest BCUT2D eigenvalue weighted by Crippen LogP contribution is -2.51. The molecule has 0 amide bonds. The Kier molecular flexibility index (Phi) is 7.49. The van der Waals surface area contributed by atoms with Crippen LogP contribution in [0.15, 0.2) is 60.7 Å². The van der Waals surface area contributed by atoms with Gasteiger partial charge in [0.25, 0.3) is 0 Å². The van der Waals surface area contributed by atoms with Crippen LogP contribution in [0.5, 0.6) is 5.75 Å². The molecule has 3 rings (SSSR count). The largest absolute Gasteiger partial charge is 0.497 e. The molecule has 2 aliphatic carbocycles. The monoisotopic (exact) mass is 424 g/mol. The molecule has 0 unspecified atom stereocenters. The van der Waals surface area contributed by atoms with Crippen LogP contribution in [0.3, 0.4) is 0 Å². The highest BCUT2D eigenvalue weighted by atomic mass is 16.5. The highest BCUT2D eigenvalue weighted by Crippen LogP contribution is 2.62. The predicted molar refractivity (Wildman–Crippen MR) is 128 cm³/mol. The van der Waals surface area contributed by atoms with Gasteiger partial charge in [-0.15, -0.1) is 0 Å². The SMILES string of the molecule is C=CC(=C)[C@H](O)C[C@]1(C)[C@H](C)CC[C@]2(C)C(COCc3ccc(OC)cc3)=CCC[C@@H]12. The number of hydrogen-bond donors (Lipinski definition) is 1. The minimum absolute atomic E-state index is 0.0634. The van der Waals surface area contributed by atoms with Crippen LogP contribution in [0.4, 0.5) is 0 Å². The van der Waals surface area contributed by atoms with E-state index in [4.69, 9.17) is 9.47 Å². The van der Waals surface area contributed by atoms with Crippen molar-refractivity contribution in [2.75, 3.05) is 13.7 Å². The van der Waals surface area contributed by atoms with Crippen LogP contribution in [0.25, 0.3) is 0 Å². The maximum atomic E-state index is 10.8. The number of ether oxygens (including phenoxy) is 2. The zero-order chi connectivity index (χ0) is 22.6. The van der Waals surface area contributed by atoms with E-state index in [2.05, 4.69) is 52.1 Å². The van der Waals surface area contributed by atoms with E-state index in [9.17, 15) is 5.11 Å². The van der Waals surface area contributed by atoms with Crippen molar-refractivity contribution in [3.63, 3.8) is 0 Å². The van der Waals surface area contributed by atoms with Crippen LogP contribution in [-0.2, 0) is 11.3 Å². The molecule has 0 aliphatic heterocycles. The molecule has 0 aromatic heterocycles. The van der Waals surface area contributed by atoms with Crippen molar-refractivity contribution in [1.29, 1.82) is 0 Å². The van der Waals surface area contributed by atoms with E-state index in [1.165, 1.54) is 24.8 Å². The minimum Gasteiger partial charge on any atom is -0.497 e. The summed E-state index contributed by atoms with van der Waals surface area (Å²) in [6, 6.07) is 8.08. The molecule has 0 radical (unpaired) electrons. The number of hydrogen-bond acceptors (Lipinski definition) is 3. The Labute approximate surface area is 188 Å². The molecule has 1 aromatic carbocycles. The molecule has 0 spiro atoms. The van der Waals surface area contributed by atoms with E-state index in [1.54, 1.807) is 13.2 Å². The van der Waals surface area contributed by atoms with Crippen LogP contribution in [0.2, 0.25) is 0 Å². The van der Waals surface area contributed by atoms with Crippen LogP contribution < -0.4 is 4.74 Å². The minimum atomic E-state index is -0.520. The Morgan fingerprint density at radius 1 is 1.23 bits per heavy atom. The Morgan fingerprint density at radius 3 is 2.58 bits per heavy atom. The first kappa shape index (κ1) is 23.8. The molecule has 1 fully saturated rings. The van der Waals surface area contributed by atoms with Gasteiger partial charge in [-0.25, -0.2) is 0 Å². The summed E-state index contributed by atoms with van der Waals surface area (Å²) in [6.07, 6.45) is 8.96. The number of allylic oxidation sites excluding steroid dienone is 1. The molecule has 170 valence electrons. The zero-order valence-electron chi connectivity index (χ0n) is 19.8. The van der Waals surface area contributed by atoms with Crippen molar-refractivity contribution < 1.29 is 14.6 Å². The molecular weight excluding hydrogens is 384 g/mol. The van der Waals surface area contributed by atoms with Gasteiger partial charge in [-0.3, -0.25) is 0 Å². The summed E-state index contributed by atoms with van der Waals surface area (Å²) < 4.78 is 11.4. The van der Waals surface area contributed by atoms with E-state index < -0.39 is 6.10 Å². The van der Waals surface area contributed by atoms with E-state index in [0.29, 0.717) is 25.0 Å².